The monoisotopic (exact) mass is 722 g/mol. The number of H-pyrrole nitrogens is 2. The first-order valence-corrected chi connectivity index (χ1v) is 19.7. The molecular weight excluding hydrogens is 677 g/mol. The molecule has 10 rings (SSSR count). The number of hydrogen-bond acceptors (Lipinski definition) is 2. The number of allylic oxidation sites excluding steroid dienone is 2. The second-order valence-corrected chi connectivity index (χ2v) is 15.5. The van der Waals surface area contributed by atoms with E-state index in [0.717, 1.165) is 67.7 Å². The van der Waals surface area contributed by atoms with Crippen LogP contribution in [-0.2, 0) is 33.3 Å². The Balaban J connectivity index is 0.000000144. The molecule has 0 aliphatic heterocycles. The van der Waals surface area contributed by atoms with Gasteiger partial charge in [-0.2, -0.15) is 0 Å². The quantitative estimate of drug-likeness (QED) is 0.126. The molecule has 6 aromatic rings. The second-order valence-electron chi connectivity index (χ2n) is 15.5. The topological polar surface area (TPSA) is 89.8 Å². The molecule has 4 aliphatic carbocycles. The first-order valence-electron chi connectivity index (χ1n) is 19.7. The minimum Gasteiger partial charge on any atom is -0.347 e. The van der Waals surface area contributed by atoms with Crippen molar-refractivity contribution in [3.05, 3.63) is 190 Å². The number of fused-ring (bicyclic) bond motifs is 2. The van der Waals surface area contributed by atoms with E-state index in [4.69, 9.17) is 0 Å². The van der Waals surface area contributed by atoms with E-state index in [9.17, 15) is 9.59 Å². The van der Waals surface area contributed by atoms with E-state index in [2.05, 4.69) is 172 Å². The third-order valence-electron chi connectivity index (χ3n) is 12.1. The summed E-state index contributed by atoms with van der Waals surface area (Å²) in [7, 11) is 0. The molecule has 0 radical (unpaired) electrons. The van der Waals surface area contributed by atoms with E-state index in [0.29, 0.717) is 0 Å². The summed E-state index contributed by atoms with van der Waals surface area (Å²) in [6.07, 6.45) is 20.0. The lowest BCUT2D eigenvalue weighted by Crippen LogP contribution is -2.30. The van der Waals surface area contributed by atoms with Crippen LogP contribution in [-0.4, -0.2) is 21.8 Å². The molecule has 2 amide bonds. The van der Waals surface area contributed by atoms with Crippen molar-refractivity contribution in [2.75, 3.05) is 10.6 Å². The van der Waals surface area contributed by atoms with Crippen LogP contribution in [0, 0.1) is 11.8 Å². The van der Waals surface area contributed by atoms with Crippen molar-refractivity contribution in [1.82, 2.24) is 9.97 Å². The molecule has 274 valence electrons. The van der Waals surface area contributed by atoms with Crippen molar-refractivity contribution >= 4 is 35.6 Å². The van der Waals surface area contributed by atoms with Crippen LogP contribution in [0.4, 0.5) is 11.6 Å². The van der Waals surface area contributed by atoms with Gasteiger partial charge in [-0.05, 0) is 71.9 Å². The zero-order chi connectivity index (χ0) is 37.2. The normalized spacial score (nSPS) is 17.5. The Morgan fingerprint density at radius 1 is 0.491 bits per heavy atom. The van der Waals surface area contributed by atoms with Gasteiger partial charge in [0, 0.05) is 46.2 Å². The maximum atomic E-state index is 12.4. The summed E-state index contributed by atoms with van der Waals surface area (Å²) < 4.78 is 0. The van der Waals surface area contributed by atoms with Gasteiger partial charge in [-0.1, -0.05) is 152 Å². The molecule has 6 heteroatoms. The number of rotatable bonds is 8. The Morgan fingerprint density at radius 3 is 1.15 bits per heavy atom. The summed E-state index contributed by atoms with van der Waals surface area (Å²) in [5.41, 5.74) is 9.40. The molecule has 0 saturated heterocycles. The molecule has 55 heavy (non-hydrogen) atoms. The number of amides is 2. The molecule has 2 heterocycles. The second kappa shape index (κ2) is 14.6. The first-order chi connectivity index (χ1) is 27.0. The van der Waals surface area contributed by atoms with Gasteiger partial charge in [0.2, 0.25) is 11.8 Å². The summed E-state index contributed by atoms with van der Waals surface area (Å²) in [6.45, 7) is 0. The van der Waals surface area contributed by atoms with Crippen LogP contribution in [0.2, 0.25) is 0 Å². The van der Waals surface area contributed by atoms with Crippen molar-refractivity contribution in [2.45, 2.75) is 55.8 Å². The third-order valence-corrected chi connectivity index (χ3v) is 12.1. The van der Waals surface area contributed by atoms with Crippen molar-refractivity contribution < 1.29 is 9.59 Å². The fraction of sp³-hybridized carbons (Fsp3) is 0.224. The van der Waals surface area contributed by atoms with Gasteiger partial charge in [-0.15, -0.1) is 0 Å². The Labute approximate surface area is 322 Å². The van der Waals surface area contributed by atoms with Crippen LogP contribution in [0.15, 0.2) is 146 Å². The highest BCUT2D eigenvalue weighted by Crippen LogP contribution is 2.45. The number of anilines is 2. The highest BCUT2D eigenvalue weighted by atomic mass is 16.2. The van der Waals surface area contributed by atoms with Gasteiger partial charge < -0.3 is 20.6 Å². The van der Waals surface area contributed by atoms with Gasteiger partial charge in [0.15, 0.2) is 0 Å². The average molecular weight is 723 g/mol. The number of hydrogen-bond donors (Lipinski definition) is 4. The fourth-order valence-corrected chi connectivity index (χ4v) is 8.54. The first kappa shape index (κ1) is 34.6. The number of nitrogens with one attached hydrogen (secondary N) is 4. The van der Waals surface area contributed by atoms with Crippen molar-refractivity contribution in [1.29, 1.82) is 0 Å². The number of benzene rings is 4. The van der Waals surface area contributed by atoms with E-state index in [-0.39, 0.29) is 34.5 Å². The summed E-state index contributed by atoms with van der Waals surface area (Å²) in [6, 6.07) is 42.6. The molecule has 2 aromatic heterocycles. The molecule has 2 fully saturated rings. The highest BCUT2D eigenvalue weighted by molar-refractivity contribution is 5.96. The largest absolute Gasteiger partial charge is 0.347 e. The maximum absolute atomic E-state index is 12.4. The number of aromatic amines is 2. The molecule has 4 aliphatic rings. The SMILES string of the molecule is O=C(Nc1[nH]cc2c1C=CC(c1ccccc1)(c1ccccc1)C2)C1CC1.O=C(Nc1[nH]cc2c1C=CC(c1ccccc1)(c1ccccc1)C2)C1CCC1. The molecule has 0 bridgehead atoms. The zero-order valence-corrected chi connectivity index (χ0v) is 30.9. The molecule has 0 atom stereocenters. The standard InChI is InChI=1S/C25H24N2O.C24H22N2O/c28-24(18-8-7-9-18)27-23-22-14-15-25(16-19(22)17-26-23,20-10-3-1-4-11-20)21-12-5-2-6-13-21;27-23(17-11-12-17)26-22-21-13-14-24(15-18(21)16-25-22,19-7-3-1-4-8-19)20-9-5-2-6-10-20/h1-6,10-15,17-18,26H,7-9,16H2,(H,27,28);1-10,13-14,16-17,25H,11-12,15H2,(H,26,27). The minimum atomic E-state index is -0.201. The molecule has 2 saturated carbocycles. The predicted molar refractivity (Wildman–Crippen MR) is 222 cm³/mol. The van der Waals surface area contributed by atoms with Gasteiger partial charge in [0.25, 0.3) is 0 Å². The van der Waals surface area contributed by atoms with Crippen LogP contribution in [0.3, 0.4) is 0 Å². The lowest BCUT2D eigenvalue weighted by atomic mass is 9.68. The Hall–Kier alpha value is -6.14. The molecule has 4 N–H and O–H groups in total. The Kier molecular flexibility index (Phi) is 9.19. The molecule has 0 unspecified atom stereocenters. The van der Waals surface area contributed by atoms with Crippen molar-refractivity contribution in [2.24, 2.45) is 11.8 Å². The summed E-state index contributed by atoms with van der Waals surface area (Å²) in [4.78, 5) is 31.2. The lowest BCUT2D eigenvalue weighted by molar-refractivity contribution is -0.122. The fourth-order valence-electron chi connectivity index (χ4n) is 8.54. The van der Waals surface area contributed by atoms with Crippen LogP contribution < -0.4 is 10.6 Å². The van der Waals surface area contributed by atoms with Gasteiger partial charge in [0.1, 0.15) is 11.6 Å². The molecule has 4 aromatic carbocycles. The average Bonchev–Trinajstić information content (AvgIpc) is 3.91. The predicted octanol–water partition coefficient (Wildman–Crippen LogP) is 10.2. The number of carbonyl (C=O) groups excluding carboxylic acids is 2. The van der Waals surface area contributed by atoms with E-state index in [1.807, 2.05) is 6.20 Å². The van der Waals surface area contributed by atoms with Gasteiger partial charge in [0.05, 0.1) is 0 Å². The van der Waals surface area contributed by atoms with Crippen LogP contribution in [0.1, 0.15) is 76.6 Å². The highest BCUT2D eigenvalue weighted by Gasteiger charge is 2.38. The zero-order valence-electron chi connectivity index (χ0n) is 30.9. The van der Waals surface area contributed by atoms with Gasteiger partial charge >= 0.3 is 0 Å². The van der Waals surface area contributed by atoms with E-state index in [1.54, 1.807) is 0 Å². The van der Waals surface area contributed by atoms with Crippen molar-refractivity contribution in [3.8, 4) is 0 Å². The Bertz CT molecular complexity index is 2270. The van der Waals surface area contributed by atoms with Crippen LogP contribution >= 0.6 is 0 Å². The summed E-state index contributed by atoms with van der Waals surface area (Å²) in [5.74, 6) is 2.32. The van der Waals surface area contributed by atoms with Crippen LogP contribution in [0.5, 0.6) is 0 Å². The van der Waals surface area contributed by atoms with Gasteiger partial charge in [-0.3, -0.25) is 9.59 Å². The summed E-state index contributed by atoms with van der Waals surface area (Å²) >= 11 is 0. The third kappa shape index (κ3) is 6.67. The number of aromatic nitrogens is 2. The van der Waals surface area contributed by atoms with E-state index < -0.39 is 0 Å². The van der Waals surface area contributed by atoms with Crippen molar-refractivity contribution in [3.63, 3.8) is 0 Å². The lowest BCUT2D eigenvalue weighted by Gasteiger charge is -2.35. The minimum absolute atomic E-state index is 0.135. The number of carbonyl (C=O) groups is 2. The van der Waals surface area contributed by atoms with Crippen LogP contribution in [0.25, 0.3) is 12.2 Å². The maximum Gasteiger partial charge on any atom is 0.228 e. The van der Waals surface area contributed by atoms with E-state index in [1.165, 1.54) is 33.4 Å². The summed E-state index contributed by atoms with van der Waals surface area (Å²) in [5, 5.41) is 6.19. The molecule has 0 spiro atoms. The van der Waals surface area contributed by atoms with Gasteiger partial charge in [-0.25, -0.2) is 0 Å². The molecule has 6 nitrogen and oxygen atoms in total. The Morgan fingerprint density at radius 2 is 0.836 bits per heavy atom. The smallest absolute Gasteiger partial charge is 0.228 e. The molecular formula is C49H46N4O2. The van der Waals surface area contributed by atoms with E-state index >= 15 is 0 Å².